The summed E-state index contributed by atoms with van der Waals surface area (Å²) in [4.78, 5) is 0. The molecule has 0 bridgehead atoms. The summed E-state index contributed by atoms with van der Waals surface area (Å²) < 4.78 is 16.5. The van der Waals surface area contributed by atoms with E-state index in [0.717, 1.165) is 12.8 Å². The van der Waals surface area contributed by atoms with Gasteiger partial charge in [0.2, 0.25) is 0 Å². The second-order valence-corrected chi connectivity index (χ2v) is 4.70. The van der Waals surface area contributed by atoms with Gasteiger partial charge in [-0.3, -0.25) is 0 Å². The monoisotopic (exact) mass is 220 g/mol. The predicted molar refractivity (Wildman–Crippen MR) is 53.5 cm³/mol. The van der Waals surface area contributed by atoms with Gasteiger partial charge in [-0.1, -0.05) is 0 Å². The molecule has 82 valence electrons. The van der Waals surface area contributed by atoms with Gasteiger partial charge in [-0.25, -0.2) is 0 Å². The fourth-order valence-corrected chi connectivity index (χ4v) is 2.10. The van der Waals surface area contributed by atoms with Gasteiger partial charge in [0.05, 0.1) is 30.8 Å². The molecule has 0 spiro atoms. The van der Waals surface area contributed by atoms with Gasteiger partial charge < -0.3 is 14.2 Å². The van der Waals surface area contributed by atoms with Crippen molar-refractivity contribution in [3.63, 3.8) is 0 Å². The average molecular weight is 221 g/mol. The van der Waals surface area contributed by atoms with Crippen molar-refractivity contribution >= 4 is 11.6 Å². The zero-order chi connectivity index (χ0) is 10.2. The quantitative estimate of drug-likeness (QED) is 0.536. The topological polar surface area (TPSA) is 31.0 Å². The van der Waals surface area contributed by atoms with Crippen molar-refractivity contribution in [3.05, 3.63) is 0 Å². The molecule has 0 aromatic rings. The Morgan fingerprint density at radius 3 is 2.57 bits per heavy atom. The first-order valence-corrected chi connectivity index (χ1v) is 5.67. The van der Waals surface area contributed by atoms with Crippen LogP contribution in [0.5, 0.6) is 0 Å². The summed E-state index contributed by atoms with van der Waals surface area (Å²) >= 11 is 5.65. The van der Waals surface area contributed by atoms with E-state index in [2.05, 4.69) is 0 Å². The van der Waals surface area contributed by atoms with Gasteiger partial charge in [0.25, 0.3) is 0 Å². The predicted octanol–water partition coefficient (Wildman–Crippen LogP) is 1.92. The van der Waals surface area contributed by atoms with Gasteiger partial charge in [-0.05, 0) is 26.7 Å². The van der Waals surface area contributed by atoms with Crippen molar-refractivity contribution in [1.82, 2.24) is 0 Å². The summed E-state index contributed by atoms with van der Waals surface area (Å²) in [7, 11) is 0. The maximum absolute atomic E-state index is 5.69. The SMILES string of the molecule is CC1(C)OCC(CCC2OC2CCl)O1. The van der Waals surface area contributed by atoms with Crippen LogP contribution in [0.4, 0.5) is 0 Å². The highest BCUT2D eigenvalue weighted by molar-refractivity contribution is 6.18. The maximum Gasteiger partial charge on any atom is 0.163 e. The van der Waals surface area contributed by atoms with E-state index < -0.39 is 5.79 Å². The molecule has 0 N–H and O–H groups in total. The van der Waals surface area contributed by atoms with Crippen LogP contribution in [0, 0.1) is 0 Å². The van der Waals surface area contributed by atoms with E-state index in [4.69, 9.17) is 25.8 Å². The molecule has 2 aliphatic rings. The van der Waals surface area contributed by atoms with E-state index in [1.54, 1.807) is 0 Å². The van der Waals surface area contributed by atoms with Gasteiger partial charge in [-0.2, -0.15) is 0 Å². The molecule has 4 heteroatoms. The lowest BCUT2D eigenvalue weighted by Gasteiger charge is -2.16. The second kappa shape index (κ2) is 3.97. The van der Waals surface area contributed by atoms with Gasteiger partial charge in [0.15, 0.2) is 5.79 Å². The maximum atomic E-state index is 5.69. The molecule has 2 saturated heterocycles. The number of epoxide rings is 1. The third-order valence-corrected chi connectivity index (χ3v) is 2.98. The molecule has 3 atom stereocenters. The van der Waals surface area contributed by atoms with E-state index in [-0.39, 0.29) is 12.2 Å². The van der Waals surface area contributed by atoms with Crippen LogP contribution in [-0.2, 0) is 14.2 Å². The number of alkyl halides is 1. The Balaban J connectivity index is 1.63. The lowest BCUT2D eigenvalue weighted by molar-refractivity contribution is -0.139. The van der Waals surface area contributed by atoms with Crippen molar-refractivity contribution in [2.45, 2.75) is 50.8 Å². The molecule has 2 aliphatic heterocycles. The van der Waals surface area contributed by atoms with E-state index in [1.165, 1.54) is 0 Å². The van der Waals surface area contributed by atoms with Crippen LogP contribution in [0.25, 0.3) is 0 Å². The minimum Gasteiger partial charge on any atom is -0.368 e. The number of hydrogen-bond acceptors (Lipinski definition) is 3. The minimum atomic E-state index is -0.402. The summed E-state index contributed by atoms with van der Waals surface area (Å²) in [6.07, 6.45) is 2.90. The van der Waals surface area contributed by atoms with Crippen molar-refractivity contribution in [2.24, 2.45) is 0 Å². The van der Waals surface area contributed by atoms with Crippen molar-refractivity contribution in [1.29, 1.82) is 0 Å². The Hall–Kier alpha value is 0.170. The molecule has 2 rings (SSSR count). The standard InChI is InChI=1S/C10H17ClO3/c1-10(2)12-6-7(14-10)3-4-8-9(5-11)13-8/h7-9H,3-6H2,1-2H3. The van der Waals surface area contributed by atoms with E-state index in [1.807, 2.05) is 13.8 Å². The van der Waals surface area contributed by atoms with Crippen LogP contribution in [0.3, 0.4) is 0 Å². The third kappa shape index (κ3) is 2.60. The molecule has 0 aromatic heterocycles. The van der Waals surface area contributed by atoms with E-state index >= 15 is 0 Å². The molecule has 0 aliphatic carbocycles. The zero-order valence-electron chi connectivity index (χ0n) is 8.66. The summed E-state index contributed by atoms with van der Waals surface area (Å²) in [6.45, 7) is 4.59. The Kier molecular flexibility index (Phi) is 3.03. The summed E-state index contributed by atoms with van der Waals surface area (Å²) in [5.41, 5.74) is 0. The highest BCUT2D eigenvalue weighted by Crippen LogP contribution is 2.31. The smallest absolute Gasteiger partial charge is 0.163 e. The molecule has 2 fully saturated rings. The Labute approximate surface area is 89.7 Å². The van der Waals surface area contributed by atoms with Crippen LogP contribution in [-0.4, -0.2) is 36.6 Å². The number of rotatable bonds is 4. The van der Waals surface area contributed by atoms with Crippen LogP contribution in [0.1, 0.15) is 26.7 Å². The molecule has 0 amide bonds. The largest absolute Gasteiger partial charge is 0.368 e. The van der Waals surface area contributed by atoms with Gasteiger partial charge >= 0.3 is 0 Å². The van der Waals surface area contributed by atoms with Crippen molar-refractivity contribution < 1.29 is 14.2 Å². The molecule has 0 aromatic carbocycles. The fraction of sp³-hybridized carbons (Fsp3) is 1.00. The van der Waals surface area contributed by atoms with Crippen LogP contribution < -0.4 is 0 Å². The van der Waals surface area contributed by atoms with Crippen molar-refractivity contribution in [3.8, 4) is 0 Å². The first-order valence-electron chi connectivity index (χ1n) is 5.14. The molecular formula is C10H17ClO3. The van der Waals surface area contributed by atoms with E-state index in [9.17, 15) is 0 Å². The average Bonchev–Trinajstić information content (AvgIpc) is 2.81. The van der Waals surface area contributed by atoms with E-state index in [0.29, 0.717) is 18.6 Å². The number of halogens is 1. The highest BCUT2D eigenvalue weighted by Gasteiger charge is 2.39. The van der Waals surface area contributed by atoms with Crippen LogP contribution in [0.2, 0.25) is 0 Å². The summed E-state index contributed by atoms with van der Waals surface area (Å²) in [6, 6.07) is 0. The summed E-state index contributed by atoms with van der Waals surface area (Å²) in [5, 5.41) is 0. The molecule has 0 radical (unpaired) electrons. The molecular weight excluding hydrogens is 204 g/mol. The van der Waals surface area contributed by atoms with Crippen LogP contribution >= 0.6 is 11.6 Å². The summed E-state index contributed by atoms with van der Waals surface area (Å²) in [5.74, 6) is 0.207. The molecule has 0 saturated carbocycles. The number of ether oxygens (including phenoxy) is 3. The minimum absolute atomic E-state index is 0.227. The van der Waals surface area contributed by atoms with Gasteiger partial charge in [-0.15, -0.1) is 11.6 Å². The fourth-order valence-electron chi connectivity index (χ4n) is 1.82. The lowest BCUT2D eigenvalue weighted by atomic mass is 10.1. The molecule has 14 heavy (non-hydrogen) atoms. The Morgan fingerprint density at radius 1 is 1.29 bits per heavy atom. The molecule has 3 nitrogen and oxygen atoms in total. The molecule has 2 heterocycles. The first-order chi connectivity index (χ1) is 6.61. The molecule has 3 unspecified atom stereocenters. The zero-order valence-corrected chi connectivity index (χ0v) is 9.42. The van der Waals surface area contributed by atoms with Crippen molar-refractivity contribution in [2.75, 3.05) is 12.5 Å². The normalized spacial score (nSPS) is 40.1. The van der Waals surface area contributed by atoms with Gasteiger partial charge in [0, 0.05) is 0 Å². The lowest BCUT2D eigenvalue weighted by Crippen LogP contribution is -2.21. The second-order valence-electron chi connectivity index (χ2n) is 4.40. The third-order valence-electron chi connectivity index (χ3n) is 2.68. The van der Waals surface area contributed by atoms with Crippen LogP contribution in [0.15, 0.2) is 0 Å². The highest BCUT2D eigenvalue weighted by atomic mass is 35.5. The Bertz CT molecular complexity index is 208. The van der Waals surface area contributed by atoms with Gasteiger partial charge in [0.1, 0.15) is 0 Å². The number of hydrogen-bond donors (Lipinski definition) is 0. The Morgan fingerprint density at radius 2 is 2.07 bits per heavy atom. The first kappa shape index (κ1) is 10.7.